The van der Waals surface area contributed by atoms with Crippen LogP contribution in [-0.4, -0.2) is 11.9 Å². The smallest absolute Gasteiger partial charge is 0.344 e. The number of rotatable bonds is 6. The molecule has 1 amide bonds. The van der Waals surface area contributed by atoms with E-state index in [-0.39, 0.29) is 5.57 Å². The molecular weight excluding hydrogens is 444 g/mol. The average Bonchev–Trinajstić information content (AvgIpc) is 2.78. The molecule has 148 valence electrons. The van der Waals surface area contributed by atoms with Crippen LogP contribution in [0.1, 0.15) is 21.5 Å². The number of nitrogens with one attached hydrogen (secondary N) is 1. The van der Waals surface area contributed by atoms with Crippen molar-refractivity contribution in [3.63, 3.8) is 0 Å². The largest absolute Gasteiger partial charge is 0.423 e. The van der Waals surface area contributed by atoms with Gasteiger partial charge in [0.25, 0.3) is 5.91 Å². The van der Waals surface area contributed by atoms with Gasteiger partial charge < -0.3 is 10.1 Å². The van der Waals surface area contributed by atoms with Gasteiger partial charge in [-0.05, 0) is 57.4 Å². The number of hydrogen-bond acceptors (Lipinski definition) is 4. The summed E-state index contributed by atoms with van der Waals surface area (Å²) in [6.07, 6.45) is 1.49. The number of carbonyl (C=O) groups is 2. The van der Waals surface area contributed by atoms with Gasteiger partial charge in [-0.2, -0.15) is 5.26 Å². The van der Waals surface area contributed by atoms with Crippen molar-refractivity contribution in [1.29, 1.82) is 5.26 Å². The summed E-state index contributed by atoms with van der Waals surface area (Å²) in [6.45, 7) is 0.336. The van der Waals surface area contributed by atoms with Gasteiger partial charge >= 0.3 is 5.97 Å². The highest BCUT2D eigenvalue weighted by Gasteiger charge is 2.12. The Hall–Kier alpha value is -3.69. The second-order valence-corrected chi connectivity index (χ2v) is 7.13. The third-order valence-corrected chi connectivity index (χ3v) is 4.85. The van der Waals surface area contributed by atoms with Crippen molar-refractivity contribution in [2.24, 2.45) is 0 Å². The highest BCUT2D eigenvalue weighted by Crippen LogP contribution is 2.20. The Bertz CT molecular complexity index is 1120. The Balaban J connectivity index is 1.64. The molecule has 0 saturated heterocycles. The van der Waals surface area contributed by atoms with Crippen LogP contribution < -0.4 is 10.1 Å². The molecule has 5 nitrogen and oxygen atoms in total. The zero-order chi connectivity index (χ0) is 21.3. The topological polar surface area (TPSA) is 79.2 Å². The van der Waals surface area contributed by atoms with E-state index in [1.165, 1.54) is 6.08 Å². The Morgan fingerprint density at radius 3 is 2.30 bits per heavy atom. The molecule has 0 radical (unpaired) electrons. The number of nitriles is 1. The summed E-state index contributed by atoms with van der Waals surface area (Å²) >= 11 is 3.32. The lowest BCUT2D eigenvalue weighted by molar-refractivity contribution is -0.117. The molecule has 0 heterocycles. The van der Waals surface area contributed by atoms with E-state index in [1.807, 2.05) is 42.5 Å². The van der Waals surface area contributed by atoms with E-state index in [0.29, 0.717) is 27.9 Å². The summed E-state index contributed by atoms with van der Waals surface area (Å²) in [4.78, 5) is 24.5. The predicted octanol–water partition coefficient (Wildman–Crippen LogP) is 4.89. The number of hydrogen-bond donors (Lipinski definition) is 1. The zero-order valence-electron chi connectivity index (χ0n) is 15.8. The van der Waals surface area contributed by atoms with Crippen LogP contribution in [0.15, 0.2) is 88.9 Å². The van der Waals surface area contributed by atoms with Crippen LogP contribution in [0.2, 0.25) is 0 Å². The predicted molar refractivity (Wildman–Crippen MR) is 117 cm³/mol. The lowest BCUT2D eigenvalue weighted by Gasteiger charge is -2.07. The first-order valence-electron chi connectivity index (χ1n) is 9.07. The molecular formula is C24H17BrN2O3. The molecule has 1 N–H and O–H groups in total. The minimum atomic E-state index is -0.483. The van der Waals surface area contributed by atoms with Crippen molar-refractivity contribution >= 4 is 33.9 Å². The van der Waals surface area contributed by atoms with Crippen molar-refractivity contribution in [2.75, 3.05) is 0 Å². The maximum atomic E-state index is 12.3. The Morgan fingerprint density at radius 2 is 1.63 bits per heavy atom. The van der Waals surface area contributed by atoms with Crippen LogP contribution in [0, 0.1) is 11.3 Å². The van der Waals surface area contributed by atoms with Crippen molar-refractivity contribution in [3.8, 4) is 11.8 Å². The molecule has 0 aliphatic rings. The molecule has 3 aromatic rings. The van der Waals surface area contributed by atoms with E-state index in [4.69, 9.17) is 4.74 Å². The van der Waals surface area contributed by atoms with E-state index in [9.17, 15) is 14.9 Å². The van der Waals surface area contributed by atoms with Crippen molar-refractivity contribution in [3.05, 3.63) is 106 Å². The molecule has 3 aromatic carbocycles. The summed E-state index contributed by atoms with van der Waals surface area (Å²) in [7, 11) is 0. The number of amides is 1. The van der Waals surface area contributed by atoms with Crippen LogP contribution >= 0.6 is 15.9 Å². The standard InChI is InChI=1S/C24H17BrN2O3/c25-22-9-5-4-8-21(22)24(29)30-20-12-10-17(11-13-20)14-19(15-26)23(28)27-16-18-6-2-1-3-7-18/h1-14H,16H2,(H,27,28)/b19-14+. The minimum absolute atomic E-state index is 0.0103. The first kappa shape index (κ1) is 21.0. The third kappa shape index (κ3) is 5.66. The summed E-state index contributed by atoms with van der Waals surface area (Å²) < 4.78 is 6.02. The lowest BCUT2D eigenvalue weighted by Crippen LogP contribution is -2.23. The van der Waals surface area contributed by atoms with Gasteiger partial charge in [0.2, 0.25) is 0 Å². The van der Waals surface area contributed by atoms with Crippen molar-refractivity contribution < 1.29 is 14.3 Å². The number of benzene rings is 3. The van der Waals surface area contributed by atoms with Gasteiger partial charge in [-0.1, -0.05) is 54.6 Å². The molecule has 0 spiro atoms. The Morgan fingerprint density at radius 1 is 0.967 bits per heavy atom. The van der Waals surface area contributed by atoms with Gasteiger partial charge in [-0.3, -0.25) is 4.79 Å². The van der Waals surface area contributed by atoms with E-state index in [1.54, 1.807) is 42.5 Å². The molecule has 0 unspecified atom stereocenters. The van der Waals surface area contributed by atoms with Crippen LogP contribution in [0.4, 0.5) is 0 Å². The number of halogens is 1. The van der Waals surface area contributed by atoms with E-state index >= 15 is 0 Å². The Labute approximate surface area is 182 Å². The molecule has 0 atom stereocenters. The molecule has 0 saturated carbocycles. The molecule has 0 aliphatic heterocycles. The first-order chi connectivity index (χ1) is 14.6. The van der Waals surface area contributed by atoms with E-state index in [0.717, 1.165) is 5.56 Å². The zero-order valence-corrected chi connectivity index (χ0v) is 17.4. The highest BCUT2D eigenvalue weighted by atomic mass is 79.9. The molecule has 6 heteroatoms. The van der Waals surface area contributed by atoms with Crippen LogP contribution in [0.3, 0.4) is 0 Å². The minimum Gasteiger partial charge on any atom is -0.423 e. The van der Waals surface area contributed by atoms with Crippen LogP contribution in [-0.2, 0) is 11.3 Å². The van der Waals surface area contributed by atoms with Gasteiger partial charge in [0.05, 0.1) is 5.56 Å². The molecule has 0 aromatic heterocycles. The van der Waals surface area contributed by atoms with Crippen molar-refractivity contribution in [2.45, 2.75) is 6.54 Å². The second kappa shape index (κ2) is 10.2. The first-order valence-corrected chi connectivity index (χ1v) is 9.87. The normalized spacial score (nSPS) is 10.7. The van der Waals surface area contributed by atoms with E-state index in [2.05, 4.69) is 21.2 Å². The maximum Gasteiger partial charge on any atom is 0.344 e. The molecule has 3 rings (SSSR count). The second-order valence-electron chi connectivity index (χ2n) is 6.28. The summed E-state index contributed by atoms with van der Waals surface area (Å²) in [5, 5.41) is 12.1. The SMILES string of the molecule is N#C/C(=C\c1ccc(OC(=O)c2ccccc2Br)cc1)C(=O)NCc1ccccc1. The average molecular weight is 461 g/mol. The van der Waals surface area contributed by atoms with E-state index < -0.39 is 11.9 Å². The summed E-state index contributed by atoms with van der Waals surface area (Å²) in [5.41, 5.74) is 1.99. The molecule has 0 fully saturated rings. The Kier molecular flexibility index (Phi) is 7.14. The fourth-order valence-corrected chi connectivity index (χ4v) is 3.06. The third-order valence-electron chi connectivity index (χ3n) is 4.16. The number of ether oxygens (including phenoxy) is 1. The van der Waals surface area contributed by atoms with Gasteiger partial charge in [-0.15, -0.1) is 0 Å². The molecule has 0 bridgehead atoms. The highest BCUT2D eigenvalue weighted by molar-refractivity contribution is 9.10. The summed E-state index contributed by atoms with van der Waals surface area (Å²) in [5.74, 6) is -0.575. The number of esters is 1. The lowest BCUT2D eigenvalue weighted by atomic mass is 10.1. The summed E-state index contributed by atoms with van der Waals surface area (Å²) in [6, 6.07) is 24.9. The maximum absolute atomic E-state index is 12.3. The van der Waals surface area contributed by atoms with Gasteiger partial charge in [0.1, 0.15) is 17.4 Å². The number of nitrogens with zero attached hydrogens (tertiary/aromatic N) is 1. The van der Waals surface area contributed by atoms with Gasteiger partial charge in [-0.25, -0.2) is 4.79 Å². The fourth-order valence-electron chi connectivity index (χ4n) is 2.61. The quantitative estimate of drug-likeness (QED) is 0.245. The molecule has 0 aliphatic carbocycles. The fraction of sp³-hybridized carbons (Fsp3) is 0.0417. The van der Waals surface area contributed by atoms with Crippen molar-refractivity contribution in [1.82, 2.24) is 5.32 Å². The number of carbonyl (C=O) groups excluding carboxylic acids is 2. The molecule has 30 heavy (non-hydrogen) atoms. The van der Waals surface area contributed by atoms with Crippen LogP contribution in [0.25, 0.3) is 6.08 Å². The van der Waals surface area contributed by atoms with Crippen LogP contribution in [0.5, 0.6) is 5.75 Å². The van der Waals surface area contributed by atoms with Gasteiger partial charge in [0.15, 0.2) is 0 Å². The monoisotopic (exact) mass is 460 g/mol. The van der Waals surface area contributed by atoms with Gasteiger partial charge in [0, 0.05) is 11.0 Å².